The van der Waals surface area contributed by atoms with Crippen molar-refractivity contribution >= 4 is 29.3 Å². The number of benzene rings is 1. The van der Waals surface area contributed by atoms with Crippen molar-refractivity contribution in [3.05, 3.63) is 42.0 Å². The number of hydrogen-bond donors (Lipinski definition) is 1. The highest BCUT2D eigenvalue weighted by Crippen LogP contribution is 2.20. The van der Waals surface area contributed by atoms with Gasteiger partial charge in [0, 0.05) is 24.1 Å². The summed E-state index contributed by atoms with van der Waals surface area (Å²) < 4.78 is 9.84. The van der Waals surface area contributed by atoms with E-state index in [-0.39, 0.29) is 24.4 Å². The Labute approximate surface area is 165 Å². The van der Waals surface area contributed by atoms with Crippen LogP contribution in [0.5, 0.6) is 0 Å². The molecule has 0 saturated heterocycles. The zero-order chi connectivity index (χ0) is 20.9. The first-order valence-corrected chi connectivity index (χ1v) is 9.33. The van der Waals surface area contributed by atoms with Crippen molar-refractivity contribution in [3.8, 4) is 0 Å². The van der Waals surface area contributed by atoms with Crippen molar-refractivity contribution < 1.29 is 28.7 Å². The molecular weight excluding hydrogens is 362 g/mol. The number of esters is 2. The number of para-hydroxylation sites is 1. The van der Waals surface area contributed by atoms with Crippen molar-refractivity contribution in [3.63, 3.8) is 0 Å². The SMILES string of the molecule is CCCCOC(=O)C(C)CC(=O)c1ccccc1NC(=O)/C=C/C(=O)OCC. The van der Waals surface area contributed by atoms with Crippen LogP contribution in [0.2, 0.25) is 0 Å². The van der Waals surface area contributed by atoms with E-state index >= 15 is 0 Å². The molecule has 0 spiro atoms. The van der Waals surface area contributed by atoms with Crippen LogP contribution in [0.25, 0.3) is 0 Å². The minimum absolute atomic E-state index is 0.0312. The van der Waals surface area contributed by atoms with Gasteiger partial charge in [0.25, 0.3) is 0 Å². The van der Waals surface area contributed by atoms with Crippen LogP contribution in [0.15, 0.2) is 36.4 Å². The van der Waals surface area contributed by atoms with Crippen molar-refractivity contribution in [2.24, 2.45) is 5.92 Å². The fraction of sp³-hybridized carbons (Fsp3) is 0.429. The van der Waals surface area contributed by atoms with Crippen molar-refractivity contribution in [2.45, 2.75) is 40.0 Å². The van der Waals surface area contributed by atoms with Crippen LogP contribution >= 0.6 is 0 Å². The molecule has 1 aromatic rings. The highest BCUT2D eigenvalue weighted by Gasteiger charge is 2.21. The largest absolute Gasteiger partial charge is 0.465 e. The molecule has 1 unspecified atom stereocenters. The van der Waals surface area contributed by atoms with E-state index in [1.807, 2.05) is 6.92 Å². The minimum atomic E-state index is -0.627. The number of carbonyl (C=O) groups excluding carboxylic acids is 4. The summed E-state index contributed by atoms with van der Waals surface area (Å²) in [6.07, 6.45) is 3.71. The lowest BCUT2D eigenvalue weighted by Crippen LogP contribution is -2.20. The number of amides is 1. The van der Waals surface area contributed by atoms with Gasteiger partial charge in [-0.2, -0.15) is 0 Å². The number of ether oxygens (including phenoxy) is 2. The zero-order valence-corrected chi connectivity index (χ0v) is 16.5. The topological polar surface area (TPSA) is 98.8 Å². The highest BCUT2D eigenvalue weighted by molar-refractivity contribution is 6.08. The van der Waals surface area contributed by atoms with Gasteiger partial charge in [0.2, 0.25) is 5.91 Å². The maximum atomic E-state index is 12.6. The van der Waals surface area contributed by atoms with Crippen molar-refractivity contribution in [1.82, 2.24) is 0 Å². The molecule has 1 N–H and O–H groups in total. The molecule has 7 heteroatoms. The molecule has 0 aliphatic carbocycles. The lowest BCUT2D eigenvalue weighted by atomic mass is 9.98. The van der Waals surface area contributed by atoms with Crippen LogP contribution < -0.4 is 5.32 Å². The van der Waals surface area contributed by atoms with E-state index in [1.54, 1.807) is 38.1 Å². The van der Waals surface area contributed by atoms with Crippen LogP contribution in [0.3, 0.4) is 0 Å². The average Bonchev–Trinajstić information content (AvgIpc) is 2.67. The van der Waals surface area contributed by atoms with E-state index in [9.17, 15) is 19.2 Å². The summed E-state index contributed by atoms with van der Waals surface area (Å²) in [5, 5.41) is 2.56. The van der Waals surface area contributed by atoms with Gasteiger partial charge in [0.05, 0.1) is 24.8 Å². The van der Waals surface area contributed by atoms with Gasteiger partial charge in [0.15, 0.2) is 5.78 Å². The summed E-state index contributed by atoms with van der Waals surface area (Å²) in [5.74, 6) is -2.49. The van der Waals surface area contributed by atoms with Crippen LogP contribution in [-0.2, 0) is 23.9 Å². The Balaban J connectivity index is 2.74. The van der Waals surface area contributed by atoms with Crippen LogP contribution in [-0.4, -0.2) is 36.8 Å². The number of anilines is 1. The number of Topliss-reactive ketones (excluding diaryl/α,β-unsaturated/α-hetero) is 1. The number of ketones is 1. The molecule has 0 bridgehead atoms. The monoisotopic (exact) mass is 389 g/mol. The Bertz CT molecular complexity index is 725. The van der Waals surface area contributed by atoms with Gasteiger partial charge in [-0.1, -0.05) is 32.4 Å². The van der Waals surface area contributed by atoms with Gasteiger partial charge in [-0.05, 0) is 25.5 Å². The first kappa shape index (κ1) is 23.1. The Kier molecular flexibility index (Phi) is 10.2. The first-order valence-electron chi connectivity index (χ1n) is 9.33. The van der Waals surface area contributed by atoms with Crippen molar-refractivity contribution in [2.75, 3.05) is 18.5 Å². The zero-order valence-electron chi connectivity index (χ0n) is 16.5. The molecule has 0 aromatic heterocycles. The van der Waals surface area contributed by atoms with Gasteiger partial charge >= 0.3 is 11.9 Å². The molecule has 0 heterocycles. The minimum Gasteiger partial charge on any atom is -0.465 e. The average molecular weight is 389 g/mol. The lowest BCUT2D eigenvalue weighted by molar-refractivity contribution is -0.148. The molecule has 0 radical (unpaired) electrons. The number of carbonyl (C=O) groups is 4. The van der Waals surface area contributed by atoms with E-state index in [0.29, 0.717) is 12.3 Å². The van der Waals surface area contributed by atoms with E-state index in [4.69, 9.17) is 9.47 Å². The molecule has 0 aliphatic rings. The summed E-state index contributed by atoms with van der Waals surface area (Å²) in [6.45, 7) is 5.84. The summed E-state index contributed by atoms with van der Waals surface area (Å²) >= 11 is 0. The Morgan fingerprint density at radius 2 is 1.79 bits per heavy atom. The van der Waals surface area contributed by atoms with Crippen LogP contribution in [0, 0.1) is 5.92 Å². The Hall–Kier alpha value is -2.96. The second-order valence-electron chi connectivity index (χ2n) is 6.17. The summed E-state index contributed by atoms with van der Waals surface area (Å²) in [5.41, 5.74) is 0.589. The van der Waals surface area contributed by atoms with Gasteiger partial charge in [-0.15, -0.1) is 0 Å². The van der Waals surface area contributed by atoms with E-state index in [2.05, 4.69) is 5.32 Å². The molecule has 0 fully saturated rings. The highest BCUT2D eigenvalue weighted by atomic mass is 16.5. The third-order valence-electron chi connectivity index (χ3n) is 3.78. The lowest BCUT2D eigenvalue weighted by Gasteiger charge is -2.13. The Morgan fingerprint density at radius 3 is 2.46 bits per heavy atom. The number of hydrogen-bond acceptors (Lipinski definition) is 6. The van der Waals surface area contributed by atoms with E-state index in [0.717, 1.165) is 25.0 Å². The van der Waals surface area contributed by atoms with Gasteiger partial charge in [0.1, 0.15) is 0 Å². The maximum absolute atomic E-state index is 12.6. The molecule has 28 heavy (non-hydrogen) atoms. The van der Waals surface area contributed by atoms with Crippen LogP contribution in [0.4, 0.5) is 5.69 Å². The van der Waals surface area contributed by atoms with Gasteiger partial charge < -0.3 is 14.8 Å². The molecular formula is C21H27NO6. The molecule has 1 amide bonds. The first-order chi connectivity index (χ1) is 13.4. The summed E-state index contributed by atoms with van der Waals surface area (Å²) in [6, 6.07) is 6.49. The number of rotatable bonds is 11. The molecule has 1 atom stereocenters. The quantitative estimate of drug-likeness (QED) is 0.270. The molecule has 0 saturated carbocycles. The smallest absolute Gasteiger partial charge is 0.330 e. The van der Waals surface area contributed by atoms with Gasteiger partial charge in [-0.3, -0.25) is 14.4 Å². The molecule has 7 nitrogen and oxygen atoms in total. The molecule has 1 aromatic carbocycles. The summed E-state index contributed by atoms with van der Waals surface area (Å²) in [4.78, 5) is 47.8. The third-order valence-corrected chi connectivity index (χ3v) is 3.78. The normalized spacial score (nSPS) is 11.7. The fourth-order valence-corrected chi connectivity index (χ4v) is 2.27. The molecule has 152 valence electrons. The maximum Gasteiger partial charge on any atom is 0.330 e. The predicted molar refractivity (Wildman–Crippen MR) is 105 cm³/mol. The second-order valence-corrected chi connectivity index (χ2v) is 6.17. The molecule has 1 rings (SSSR count). The molecule has 0 aliphatic heterocycles. The summed E-state index contributed by atoms with van der Waals surface area (Å²) in [7, 11) is 0. The van der Waals surface area contributed by atoms with E-state index in [1.165, 1.54) is 0 Å². The van der Waals surface area contributed by atoms with Gasteiger partial charge in [-0.25, -0.2) is 4.79 Å². The third kappa shape index (κ3) is 8.16. The number of unbranched alkanes of at least 4 members (excludes halogenated alkanes) is 1. The Morgan fingerprint density at radius 1 is 1.07 bits per heavy atom. The predicted octanol–water partition coefficient (Wildman–Crippen LogP) is 3.30. The van der Waals surface area contributed by atoms with Crippen molar-refractivity contribution in [1.29, 1.82) is 0 Å². The van der Waals surface area contributed by atoms with Crippen LogP contribution in [0.1, 0.15) is 50.4 Å². The fourth-order valence-electron chi connectivity index (χ4n) is 2.27. The standard InChI is InChI=1S/C21H27NO6/c1-4-6-13-28-21(26)15(3)14-18(23)16-9-7-8-10-17(16)22-19(24)11-12-20(25)27-5-2/h7-12,15H,4-6,13-14H2,1-3H3,(H,22,24)/b12-11+. The number of nitrogens with one attached hydrogen (secondary N) is 1. The second kappa shape index (κ2) is 12.4. The van der Waals surface area contributed by atoms with E-state index < -0.39 is 23.8 Å².